The summed E-state index contributed by atoms with van der Waals surface area (Å²) in [5, 5.41) is 13.7. The fourth-order valence-corrected chi connectivity index (χ4v) is 4.02. The first kappa shape index (κ1) is 14.1. The number of thiophene rings is 1. The first-order valence-electron chi connectivity index (χ1n) is 6.94. The lowest BCUT2D eigenvalue weighted by atomic mass is 9.86. The molecule has 1 aliphatic heterocycles. The van der Waals surface area contributed by atoms with Crippen molar-refractivity contribution in [2.24, 2.45) is 0 Å². The Hall–Kier alpha value is -1.89. The number of aryl methyl sites for hydroxylation is 1. The molecule has 1 aromatic heterocycles. The Bertz CT molecular complexity index is 598. The second-order valence-electron chi connectivity index (χ2n) is 5.37. The highest BCUT2D eigenvalue weighted by molar-refractivity contribution is 7.10. The molecule has 0 spiro atoms. The number of nitrogens with zero attached hydrogens (tertiary/aromatic N) is 1. The summed E-state index contributed by atoms with van der Waals surface area (Å²) in [5.74, 6) is -1.93. The Morgan fingerprint density at radius 1 is 1.43 bits per heavy atom. The van der Waals surface area contributed by atoms with Crippen LogP contribution in [0.25, 0.3) is 0 Å². The topological polar surface area (TPSA) is 86.7 Å². The van der Waals surface area contributed by atoms with Gasteiger partial charge in [0.25, 0.3) is 0 Å². The van der Waals surface area contributed by atoms with E-state index >= 15 is 0 Å². The van der Waals surface area contributed by atoms with Gasteiger partial charge in [0, 0.05) is 11.4 Å². The highest BCUT2D eigenvalue weighted by Gasteiger charge is 2.39. The van der Waals surface area contributed by atoms with Crippen LogP contribution in [0, 0.1) is 0 Å². The molecule has 2 N–H and O–H groups in total. The Labute approximate surface area is 125 Å². The van der Waals surface area contributed by atoms with Gasteiger partial charge in [-0.1, -0.05) is 0 Å². The van der Waals surface area contributed by atoms with E-state index in [0.717, 1.165) is 18.4 Å². The van der Waals surface area contributed by atoms with Crippen LogP contribution >= 0.6 is 11.3 Å². The van der Waals surface area contributed by atoms with E-state index in [1.54, 1.807) is 11.3 Å². The van der Waals surface area contributed by atoms with E-state index in [1.165, 1.54) is 9.78 Å². The third-order valence-corrected chi connectivity index (χ3v) is 5.10. The first-order valence-corrected chi connectivity index (χ1v) is 7.82. The third kappa shape index (κ3) is 2.53. The van der Waals surface area contributed by atoms with Crippen LogP contribution in [0.2, 0.25) is 0 Å². The highest BCUT2D eigenvalue weighted by Crippen LogP contribution is 2.36. The number of carboxylic acid groups (broad SMARTS) is 1. The number of carboxylic acids is 1. The van der Waals surface area contributed by atoms with Gasteiger partial charge in [-0.05, 0) is 36.3 Å². The molecule has 0 aromatic carbocycles. The molecule has 7 heteroatoms. The smallest absolute Gasteiger partial charge is 0.328 e. The zero-order valence-electron chi connectivity index (χ0n) is 11.4. The van der Waals surface area contributed by atoms with Crippen molar-refractivity contribution in [1.82, 2.24) is 10.2 Å². The number of amides is 2. The lowest BCUT2D eigenvalue weighted by Gasteiger charge is -2.36. The zero-order valence-corrected chi connectivity index (χ0v) is 12.2. The third-order valence-electron chi connectivity index (χ3n) is 4.10. The largest absolute Gasteiger partial charge is 0.480 e. The van der Waals surface area contributed by atoms with Gasteiger partial charge in [-0.25, -0.2) is 4.79 Å². The van der Waals surface area contributed by atoms with Gasteiger partial charge in [0.15, 0.2) is 0 Å². The molecule has 1 saturated heterocycles. The maximum atomic E-state index is 12.8. The summed E-state index contributed by atoms with van der Waals surface area (Å²) in [6, 6.07) is 0.973. The van der Waals surface area contributed by atoms with Crippen molar-refractivity contribution in [2.45, 2.75) is 31.2 Å². The van der Waals surface area contributed by atoms with E-state index in [9.17, 15) is 19.5 Å². The number of nitrogens with one attached hydrogen (secondary N) is 1. The fourth-order valence-electron chi connectivity index (χ4n) is 3.04. The van der Waals surface area contributed by atoms with Crippen LogP contribution in [0.1, 0.15) is 29.2 Å². The number of aliphatic carboxylic acids is 1. The van der Waals surface area contributed by atoms with Gasteiger partial charge in [0.05, 0.1) is 5.92 Å². The molecule has 2 aliphatic rings. The minimum atomic E-state index is -1.08. The average Bonchev–Trinajstić information content (AvgIpc) is 2.94. The second-order valence-corrected chi connectivity index (χ2v) is 6.37. The average molecular weight is 308 g/mol. The summed E-state index contributed by atoms with van der Waals surface area (Å²) in [4.78, 5) is 38.0. The van der Waals surface area contributed by atoms with Gasteiger partial charge in [0.2, 0.25) is 11.8 Å². The number of rotatable bonds is 2. The number of piperazine rings is 1. The SMILES string of the molecule is O=C1CN(C(=O)C2CCCc3sccc32)C(C(=O)O)CN1. The quantitative estimate of drug-likeness (QED) is 0.837. The van der Waals surface area contributed by atoms with Crippen molar-refractivity contribution in [3.63, 3.8) is 0 Å². The molecule has 0 radical (unpaired) electrons. The predicted octanol–water partition coefficient (Wildman–Crippen LogP) is 0.580. The van der Waals surface area contributed by atoms with Gasteiger partial charge in [-0.2, -0.15) is 0 Å². The minimum Gasteiger partial charge on any atom is -0.480 e. The van der Waals surface area contributed by atoms with Gasteiger partial charge in [-0.15, -0.1) is 11.3 Å². The van der Waals surface area contributed by atoms with E-state index < -0.39 is 12.0 Å². The minimum absolute atomic E-state index is 0.0247. The molecule has 1 aliphatic carbocycles. The van der Waals surface area contributed by atoms with Crippen LogP contribution in [0.15, 0.2) is 11.4 Å². The molecular weight excluding hydrogens is 292 g/mol. The van der Waals surface area contributed by atoms with Gasteiger partial charge < -0.3 is 15.3 Å². The molecule has 0 bridgehead atoms. The van der Waals surface area contributed by atoms with Crippen molar-refractivity contribution >= 4 is 29.1 Å². The summed E-state index contributed by atoms with van der Waals surface area (Å²) >= 11 is 1.63. The van der Waals surface area contributed by atoms with Crippen molar-refractivity contribution in [3.05, 3.63) is 21.9 Å². The molecule has 0 saturated carbocycles. The second kappa shape index (κ2) is 5.48. The summed E-state index contributed by atoms with van der Waals surface area (Å²) in [5.41, 5.74) is 1.01. The van der Waals surface area contributed by atoms with Crippen LogP contribution in [0.4, 0.5) is 0 Å². The lowest BCUT2D eigenvalue weighted by Crippen LogP contribution is -2.60. The molecule has 2 unspecified atom stereocenters. The number of hydrogen-bond donors (Lipinski definition) is 2. The molecular formula is C14H16N2O4S. The molecule has 21 heavy (non-hydrogen) atoms. The molecule has 112 valence electrons. The highest BCUT2D eigenvalue weighted by atomic mass is 32.1. The molecule has 1 fully saturated rings. The Morgan fingerprint density at radius 2 is 2.24 bits per heavy atom. The maximum absolute atomic E-state index is 12.8. The molecule has 3 rings (SSSR count). The van der Waals surface area contributed by atoms with Crippen LogP contribution in [0.3, 0.4) is 0 Å². The molecule has 1 aromatic rings. The van der Waals surface area contributed by atoms with E-state index in [2.05, 4.69) is 5.32 Å². The molecule has 2 heterocycles. The number of hydrogen-bond acceptors (Lipinski definition) is 4. The summed E-state index contributed by atoms with van der Waals surface area (Å²) in [6.45, 7) is -0.200. The van der Waals surface area contributed by atoms with Crippen molar-refractivity contribution in [3.8, 4) is 0 Å². The van der Waals surface area contributed by atoms with E-state index in [1.807, 2.05) is 11.4 Å². The van der Waals surface area contributed by atoms with Crippen LogP contribution in [-0.4, -0.2) is 46.9 Å². The number of carbonyl (C=O) groups excluding carboxylic acids is 2. The molecule has 6 nitrogen and oxygen atoms in total. The van der Waals surface area contributed by atoms with E-state index in [4.69, 9.17) is 0 Å². The first-order chi connectivity index (χ1) is 10.1. The van der Waals surface area contributed by atoms with E-state index in [-0.39, 0.29) is 30.8 Å². The molecule has 2 amide bonds. The Balaban J connectivity index is 1.87. The zero-order chi connectivity index (χ0) is 15.0. The van der Waals surface area contributed by atoms with Crippen molar-refractivity contribution in [1.29, 1.82) is 0 Å². The summed E-state index contributed by atoms with van der Waals surface area (Å²) in [6.07, 6.45) is 2.61. The Kier molecular flexibility index (Phi) is 3.67. The summed E-state index contributed by atoms with van der Waals surface area (Å²) < 4.78 is 0. The normalized spacial score (nSPS) is 25.1. The van der Waals surface area contributed by atoms with Gasteiger partial charge in [0.1, 0.15) is 12.6 Å². The summed E-state index contributed by atoms with van der Waals surface area (Å²) in [7, 11) is 0. The molecule has 2 atom stereocenters. The Morgan fingerprint density at radius 3 is 3.00 bits per heavy atom. The number of fused-ring (bicyclic) bond motifs is 1. The van der Waals surface area contributed by atoms with Crippen LogP contribution < -0.4 is 5.32 Å². The fraction of sp³-hybridized carbons (Fsp3) is 0.500. The lowest BCUT2D eigenvalue weighted by molar-refractivity contribution is -0.154. The van der Waals surface area contributed by atoms with E-state index in [0.29, 0.717) is 6.42 Å². The van der Waals surface area contributed by atoms with Crippen molar-refractivity contribution < 1.29 is 19.5 Å². The van der Waals surface area contributed by atoms with Crippen molar-refractivity contribution in [2.75, 3.05) is 13.1 Å². The number of carbonyl (C=O) groups is 3. The van der Waals surface area contributed by atoms with Crippen LogP contribution in [0.5, 0.6) is 0 Å². The van der Waals surface area contributed by atoms with Gasteiger partial charge >= 0.3 is 5.97 Å². The monoisotopic (exact) mass is 308 g/mol. The maximum Gasteiger partial charge on any atom is 0.328 e. The van der Waals surface area contributed by atoms with Gasteiger partial charge in [-0.3, -0.25) is 9.59 Å². The standard InChI is InChI=1S/C14H16N2O4S/c17-12-7-16(10(6-15-12)14(19)20)13(18)9-2-1-3-11-8(9)4-5-21-11/h4-5,9-10H,1-3,6-7H2,(H,15,17)(H,19,20). The van der Waals surface area contributed by atoms with Crippen LogP contribution in [-0.2, 0) is 20.8 Å². The predicted molar refractivity (Wildman–Crippen MR) is 76.1 cm³/mol.